The van der Waals surface area contributed by atoms with E-state index in [0.717, 1.165) is 16.7 Å². The highest BCUT2D eigenvalue weighted by atomic mass is 32.2. The second kappa shape index (κ2) is 8.57. The van der Waals surface area contributed by atoms with E-state index in [-0.39, 0.29) is 23.2 Å². The first-order chi connectivity index (χ1) is 12.6. The summed E-state index contributed by atoms with van der Waals surface area (Å²) in [6.07, 6.45) is 0.390. The van der Waals surface area contributed by atoms with Crippen molar-refractivity contribution in [3.63, 3.8) is 0 Å². The Balaban J connectivity index is 2.35. The predicted molar refractivity (Wildman–Crippen MR) is 108 cm³/mol. The molecule has 2 aromatic rings. The van der Waals surface area contributed by atoms with Gasteiger partial charge in [0.2, 0.25) is 0 Å². The van der Waals surface area contributed by atoms with E-state index >= 15 is 0 Å². The Morgan fingerprint density at radius 1 is 0.963 bits per heavy atom. The van der Waals surface area contributed by atoms with Gasteiger partial charge in [0.15, 0.2) is 0 Å². The predicted octanol–water partition coefficient (Wildman–Crippen LogP) is 4.75. The maximum Gasteiger partial charge on any atom is 0.303 e. The Kier molecular flexibility index (Phi) is 6.65. The summed E-state index contributed by atoms with van der Waals surface area (Å²) in [5.74, 6) is -0.514. The summed E-state index contributed by atoms with van der Waals surface area (Å²) in [7, 11) is -3.74. The molecule has 0 aliphatic heterocycles. The minimum Gasteiger partial charge on any atom is -0.481 e. The highest BCUT2D eigenvalue weighted by Crippen LogP contribution is 2.34. The molecule has 2 rings (SSSR count). The van der Waals surface area contributed by atoms with Gasteiger partial charge in [0.25, 0.3) is 10.0 Å². The van der Waals surface area contributed by atoms with Crippen LogP contribution >= 0.6 is 0 Å². The zero-order valence-electron chi connectivity index (χ0n) is 16.2. The van der Waals surface area contributed by atoms with Gasteiger partial charge in [-0.1, -0.05) is 58.0 Å². The first kappa shape index (κ1) is 21.0. The topological polar surface area (TPSA) is 83.5 Å². The van der Waals surface area contributed by atoms with Crippen LogP contribution in [0.15, 0.2) is 47.4 Å². The van der Waals surface area contributed by atoms with Gasteiger partial charge in [-0.2, -0.15) is 0 Å². The van der Waals surface area contributed by atoms with Gasteiger partial charge in [-0.05, 0) is 47.1 Å². The lowest BCUT2D eigenvalue weighted by atomic mass is 9.93. The van der Waals surface area contributed by atoms with Gasteiger partial charge in [0.05, 0.1) is 10.6 Å². The lowest BCUT2D eigenvalue weighted by molar-refractivity contribution is -0.136. The van der Waals surface area contributed by atoms with E-state index in [4.69, 9.17) is 5.11 Å². The molecule has 0 bridgehead atoms. The summed E-state index contributed by atoms with van der Waals surface area (Å²) in [5.41, 5.74) is 3.37. The molecule has 0 atom stereocenters. The largest absolute Gasteiger partial charge is 0.481 e. The molecule has 2 aromatic carbocycles. The summed E-state index contributed by atoms with van der Waals surface area (Å²) in [5, 5.41) is 8.76. The number of rotatable bonds is 8. The molecule has 0 spiro atoms. The van der Waals surface area contributed by atoms with Gasteiger partial charge in [-0.3, -0.25) is 9.52 Å². The number of carboxylic acid groups (broad SMARTS) is 1. The third kappa shape index (κ3) is 5.32. The van der Waals surface area contributed by atoms with Gasteiger partial charge in [-0.25, -0.2) is 8.42 Å². The third-order valence-electron chi connectivity index (χ3n) is 4.47. The van der Waals surface area contributed by atoms with Crippen molar-refractivity contribution in [1.29, 1.82) is 0 Å². The number of carbonyl (C=O) groups is 1. The summed E-state index contributed by atoms with van der Waals surface area (Å²) in [6.45, 7) is 8.14. The number of benzene rings is 2. The van der Waals surface area contributed by atoms with E-state index < -0.39 is 16.0 Å². The van der Waals surface area contributed by atoms with Crippen LogP contribution in [0, 0.1) is 0 Å². The molecule has 6 heteroatoms. The van der Waals surface area contributed by atoms with Crippen LogP contribution in [0.5, 0.6) is 0 Å². The first-order valence-electron chi connectivity index (χ1n) is 9.08. The molecule has 0 unspecified atom stereocenters. The maximum absolute atomic E-state index is 12.9. The molecule has 0 aromatic heterocycles. The van der Waals surface area contributed by atoms with Gasteiger partial charge in [0.1, 0.15) is 0 Å². The quantitative estimate of drug-likeness (QED) is 0.682. The van der Waals surface area contributed by atoms with E-state index in [2.05, 4.69) is 4.72 Å². The highest BCUT2D eigenvalue weighted by Gasteiger charge is 2.20. The van der Waals surface area contributed by atoms with Crippen molar-refractivity contribution in [1.82, 2.24) is 0 Å². The fourth-order valence-corrected chi connectivity index (χ4v) is 4.07. The lowest BCUT2D eigenvalue weighted by Gasteiger charge is -2.21. The molecular formula is C21H27NO4S. The molecule has 5 nitrogen and oxygen atoms in total. The summed E-state index contributed by atoms with van der Waals surface area (Å²) < 4.78 is 28.6. The molecule has 0 amide bonds. The molecule has 0 heterocycles. The first-order valence-corrected chi connectivity index (χ1v) is 10.6. The smallest absolute Gasteiger partial charge is 0.303 e. The second-order valence-corrected chi connectivity index (χ2v) is 8.95. The molecule has 0 fully saturated rings. The molecule has 0 saturated carbocycles. The average molecular weight is 390 g/mol. The van der Waals surface area contributed by atoms with Crippen LogP contribution in [0.2, 0.25) is 0 Å². The fraction of sp³-hybridized carbons (Fsp3) is 0.381. The fourth-order valence-electron chi connectivity index (χ4n) is 2.95. The van der Waals surface area contributed by atoms with Crippen LogP contribution in [-0.2, 0) is 21.2 Å². The van der Waals surface area contributed by atoms with Crippen molar-refractivity contribution in [3.8, 4) is 0 Å². The van der Waals surface area contributed by atoms with E-state index in [1.54, 1.807) is 12.1 Å². The molecule has 0 saturated heterocycles. The Labute approximate surface area is 161 Å². The molecular weight excluding hydrogens is 362 g/mol. The zero-order chi connectivity index (χ0) is 20.2. The lowest BCUT2D eigenvalue weighted by Crippen LogP contribution is -2.16. The number of hydrogen-bond donors (Lipinski definition) is 2. The Morgan fingerprint density at radius 3 is 1.93 bits per heavy atom. The summed E-state index contributed by atoms with van der Waals surface area (Å²) in [6, 6.07) is 12.2. The number of sulfonamides is 1. The van der Waals surface area contributed by atoms with Crippen molar-refractivity contribution >= 4 is 21.7 Å². The van der Waals surface area contributed by atoms with Gasteiger partial charge in [0, 0.05) is 6.42 Å². The van der Waals surface area contributed by atoms with Crippen LogP contribution in [-0.4, -0.2) is 19.5 Å². The molecule has 2 N–H and O–H groups in total. The number of nitrogens with one attached hydrogen (secondary N) is 1. The van der Waals surface area contributed by atoms with Crippen LogP contribution < -0.4 is 4.72 Å². The number of para-hydroxylation sites is 1. The zero-order valence-corrected chi connectivity index (χ0v) is 17.0. The number of aliphatic carboxylic acids is 1. The van der Waals surface area contributed by atoms with Crippen LogP contribution in [0.4, 0.5) is 5.69 Å². The van der Waals surface area contributed by atoms with Crippen molar-refractivity contribution in [2.24, 2.45) is 0 Å². The normalized spacial score (nSPS) is 11.8. The molecule has 0 aliphatic rings. The molecule has 27 heavy (non-hydrogen) atoms. The Bertz CT molecular complexity index is 874. The number of carboxylic acids is 1. The Hall–Kier alpha value is -2.34. The average Bonchev–Trinajstić information content (AvgIpc) is 2.59. The summed E-state index contributed by atoms with van der Waals surface area (Å²) in [4.78, 5) is 10.8. The SMILES string of the molecule is CC(C)c1cccc(C(C)C)c1NS(=O)(=O)c1ccc(CCC(=O)O)cc1. The van der Waals surface area contributed by atoms with E-state index in [1.165, 1.54) is 12.1 Å². The van der Waals surface area contributed by atoms with E-state index in [1.807, 2.05) is 45.9 Å². The van der Waals surface area contributed by atoms with Crippen LogP contribution in [0.3, 0.4) is 0 Å². The van der Waals surface area contributed by atoms with Crippen molar-refractivity contribution in [2.45, 2.75) is 57.3 Å². The van der Waals surface area contributed by atoms with Crippen molar-refractivity contribution < 1.29 is 18.3 Å². The van der Waals surface area contributed by atoms with Gasteiger partial charge >= 0.3 is 5.97 Å². The second-order valence-electron chi connectivity index (χ2n) is 7.26. The Morgan fingerprint density at radius 2 is 1.48 bits per heavy atom. The van der Waals surface area contributed by atoms with Crippen LogP contribution in [0.25, 0.3) is 0 Å². The molecule has 0 radical (unpaired) electrons. The van der Waals surface area contributed by atoms with Crippen molar-refractivity contribution in [2.75, 3.05) is 4.72 Å². The standard InChI is InChI=1S/C21H27NO4S/c1-14(2)18-6-5-7-19(15(3)4)21(18)22-27(25,26)17-11-8-16(9-12-17)10-13-20(23)24/h5-9,11-12,14-15,22H,10,13H2,1-4H3,(H,23,24). The van der Waals surface area contributed by atoms with Crippen LogP contribution in [0.1, 0.15) is 62.6 Å². The maximum atomic E-state index is 12.9. The summed E-state index contributed by atoms with van der Waals surface area (Å²) >= 11 is 0. The minimum atomic E-state index is -3.74. The van der Waals surface area contributed by atoms with Crippen molar-refractivity contribution in [3.05, 3.63) is 59.2 Å². The van der Waals surface area contributed by atoms with E-state index in [9.17, 15) is 13.2 Å². The number of aryl methyl sites for hydroxylation is 1. The van der Waals surface area contributed by atoms with Gasteiger partial charge in [-0.15, -0.1) is 0 Å². The third-order valence-corrected chi connectivity index (χ3v) is 5.84. The minimum absolute atomic E-state index is 0.0177. The number of anilines is 1. The highest BCUT2D eigenvalue weighted by molar-refractivity contribution is 7.92. The molecule has 146 valence electrons. The number of hydrogen-bond acceptors (Lipinski definition) is 3. The monoisotopic (exact) mass is 389 g/mol. The van der Waals surface area contributed by atoms with Gasteiger partial charge < -0.3 is 5.11 Å². The molecule has 0 aliphatic carbocycles. The van der Waals surface area contributed by atoms with E-state index in [0.29, 0.717) is 12.1 Å².